The Labute approximate surface area is 197 Å². The molecule has 2 aromatic rings. The van der Waals surface area contributed by atoms with E-state index >= 15 is 0 Å². The van der Waals surface area contributed by atoms with E-state index in [1.165, 1.54) is 0 Å². The molecule has 0 radical (unpaired) electrons. The highest BCUT2D eigenvalue weighted by Gasteiger charge is 2.38. The van der Waals surface area contributed by atoms with Crippen LogP contribution in [0.1, 0.15) is 24.5 Å². The number of allylic oxidation sites excluding steroid dienone is 1. The third kappa shape index (κ3) is 4.44. The summed E-state index contributed by atoms with van der Waals surface area (Å²) in [7, 11) is 1.79. The minimum Gasteiger partial charge on any atom is -0.394 e. The number of rotatable bonds is 9. The quantitative estimate of drug-likeness (QED) is 0.280. The molecule has 3 N–H and O–H groups in total. The molecule has 0 bridgehead atoms. The van der Waals surface area contributed by atoms with E-state index in [0.29, 0.717) is 30.1 Å². The molecule has 2 aliphatic heterocycles. The smallest absolute Gasteiger partial charge is 0.260 e. The highest BCUT2D eigenvalue weighted by atomic mass is 79.9. The number of oxime groups is 1. The Morgan fingerprint density at radius 2 is 1.78 bits per heavy atom. The second-order valence-electron chi connectivity index (χ2n) is 7.69. The van der Waals surface area contributed by atoms with E-state index in [2.05, 4.69) is 44.0 Å². The van der Waals surface area contributed by atoms with Gasteiger partial charge in [0, 0.05) is 48.0 Å². The molecule has 2 heterocycles. The van der Waals surface area contributed by atoms with Crippen molar-refractivity contribution in [3.63, 3.8) is 0 Å². The fourth-order valence-corrected chi connectivity index (χ4v) is 4.55. The number of para-hydroxylation sites is 2. The van der Waals surface area contributed by atoms with E-state index in [0.717, 1.165) is 53.0 Å². The number of carbonyl (C=O) groups is 1. The molecule has 0 fully saturated rings. The van der Waals surface area contributed by atoms with Gasteiger partial charge < -0.3 is 25.7 Å². The van der Waals surface area contributed by atoms with E-state index in [4.69, 9.17) is 4.84 Å². The van der Waals surface area contributed by atoms with E-state index < -0.39 is 0 Å². The summed E-state index contributed by atoms with van der Waals surface area (Å²) < 4.78 is 0.881. The van der Waals surface area contributed by atoms with Gasteiger partial charge in [0.15, 0.2) is 0 Å². The van der Waals surface area contributed by atoms with E-state index in [-0.39, 0.29) is 5.91 Å². The van der Waals surface area contributed by atoms with Gasteiger partial charge in [-0.2, -0.15) is 0 Å². The minimum absolute atomic E-state index is 0.0730. The van der Waals surface area contributed by atoms with Gasteiger partial charge in [0.1, 0.15) is 12.3 Å². The van der Waals surface area contributed by atoms with Crippen LogP contribution in [0.5, 0.6) is 0 Å². The van der Waals surface area contributed by atoms with Crippen LogP contribution in [-0.4, -0.2) is 51.5 Å². The molecular weight excluding hydrogens is 470 g/mol. The molecule has 0 unspecified atom stereocenters. The molecule has 0 saturated carbocycles. The van der Waals surface area contributed by atoms with Crippen molar-refractivity contribution in [1.29, 1.82) is 0 Å². The van der Waals surface area contributed by atoms with Gasteiger partial charge in [-0.25, -0.2) is 0 Å². The summed E-state index contributed by atoms with van der Waals surface area (Å²) in [5.74, 6) is -0.0730. The number of carbonyl (C=O) groups excluding carboxylic acids is 1. The van der Waals surface area contributed by atoms with Gasteiger partial charge in [0.05, 0.1) is 17.0 Å². The number of nitrogens with one attached hydrogen (secondary N) is 3. The SMILES string of the molecule is CCCNCCNCCO/N=C1/C(=C2/C(=O)N(C)c3c(Br)cccc32)Nc2ccccc21. The summed E-state index contributed by atoms with van der Waals surface area (Å²) in [6, 6.07) is 13.7. The lowest BCUT2D eigenvalue weighted by Gasteiger charge is -2.10. The van der Waals surface area contributed by atoms with E-state index in [1.54, 1.807) is 11.9 Å². The summed E-state index contributed by atoms with van der Waals surface area (Å²) in [4.78, 5) is 20.5. The third-order valence-electron chi connectivity index (χ3n) is 5.47. The fourth-order valence-electron chi connectivity index (χ4n) is 3.92. The molecular formula is C24H28BrN5O2. The zero-order valence-corrected chi connectivity index (χ0v) is 20.0. The van der Waals surface area contributed by atoms with Gasteiger partial charge in [-0.3, -0.25) is 4.79 Å². The molecule has 1 amide bonds. The molecule has 0 spiro atoms. The highest BCUT2D eigenvalue weighted by molar-refractivity contribution is 9.10. The van der Waals surface area contributed by atoms with Crippen molar-refractivity contribution in [3.05, 3.63) is 63.8 Å². The monoisotopic (exact) mass is 497 g/mol. The predicted octanol–water partition coefficient (Wildman–Crippen LogP) is 3.57. The Bertz CT molecular complexity index is 1070. The maximum absolute atomic E-state index is 13.2. The van der Waals surface area contributed by atoms with Crippen LogP contribution in [0.15, 0.2) is 57.8 Å². The molecule has 0 atom stereocenters. The van der Waals surface area contributed by atoms with E-state index in [1.807, 2.05) is 42.5 Å². The Balaban J connectivity index is 1.56. The number of fused-ring (bicyclic) bond motifs is 2. The van der Waals surface area contributed by atoms with Crippen molar-refractivity contribution in [2.45, 2.75) is 13.3 Å². The van der Waals surface area contributed by atoms with Gasteiger partial charge in [0.2, 0.25) is 0 Å². The lowest BCUT2D eigenvalue weighted by atomic mass is 10.0. The summed E-state index contributed by atoms with van der Waals surface area (Å²) in [6.07, 6.45) is 1.13. The number of amides is 1. The molecule has 7 nitrogen and oxygen atoms in total. The van der Waals surface area contributed by atoms with Crippen LogP contribution in [0.4, 0.5) is 11.4 Å². The molecule has 8 heteroatoms. The van der Waals surface area contributed by atoms with E-state index in [9.17, 15) is 4.79 Å². The van der Waals surface area contributed by atoms with Crippen molar-refractivity contribution < 1.29 is 9.63 Å². The van der Waals surface area contributed by atoms with Crippen LogP contribution in [0.25, 0.3) is 5.57 Å². The van der Waals surface area contributed by atoms with Crippen molar-refractivity contribution in [3.8, 4) is 0 Å². The third-order valence-corrected chi connectivity index (χ3v) is 6.11. The molecule has 168 valence electrons. The van der Waals surface area contributed by atoms with Gasteiger partial charge >= 0.3 is 0 Å². The van der Waals surface area contributed by atoms with Crippen molar-refractivity contribution in [2.24, 2.45) is 5.16 Å². The van der Waals surface area contributed by atoms with Crippen LogP contribution >= 0.6 is 15.9 Å². The van der Waals surface area contributed by atoms with Crippen LogP contribution in [-0.2, 0) is 9.63 Å². The number of hydrogen-bond acceptors (Lipinski definition) is 6. The average Bonchev–Trinajstić information content (AvgIpc) is 3.28. The first-order valence-corrected chi connectivity index (χ1v) is 11.7. The molecule has 2 aromatic carbocycles. The normalized spacial score (nSPS) is 18.2. The first kappa shape index (κ1) is 22.5. The largest absolute Gasteiger partial charge is 0.394 e. The second kappa shape index (κ2) is 10.3. The lowest BCUT2D eigenvalue weighted by molar-refractivity contribution is -0.112. The van der Waals surface area contributed by atoms with Crippen molar-refractivity contribution in [2.75, 3.05) is 50.1 Å². The number of anilines is 2. The van der Waals surface area contributed by atoms with Gasteiger partial charge in [-0.05, 0) is 41.0 Å². The first-order chi connectivity index (χ1) is 15.6. The second-order valence-corrected chi connectivity index (χ2v) is 8.55. The maximum Gasteiger partial charge on any atom is 0.260 e. The van der Waals surface area contributed by atoms with Crippen LogP contribution in [0.2, 0.25) is 0 Å². The molecule has 4 rings (SSSR count). The molecule has 32 heavy (non-hydrogen) atoms. The minimum atomic E-state index is -0.0730. The van der Waals surface area contributed by atoms with Gasteiger partial charge in [-0.15, -0.1) is 0 Å². The number of hydrogen-bond donors (Lipinski definition) is 3. The van der Waals surface area contributed by atoms with Gasteiger partial charge in [-0.1, -0.05) is 42.4 Å². The lowest BCUT2D eigenvalue weighted by Crippen LogP contribution is -2.29. The van der Waals surface area contributed by atoms with Crippen LogP contribution < -0.4 is 20.9 Å². The Kier molecular flexibility index (Phi) is 7.24. The van der Waals surface area contributed by atoms with Crippen LogP contribution in [0, 0.1) is 0 Å². The molecule has 0 saturated heterocycles. The highest BCUT2D eigenvalue weighted by Crippen LogP contribution is 2.44. The summed E-state index contributed by atoms with van der Waals surface area (Å²) in [6.45, 7) is 6.14. The Morgan fingerprint density at radius 3 is 2.59 bits per heavy atom. The summed E-state index contributed by atoms with van der Waals surface area (Å²) >= 11 is 3.58. The summed E-state index contributed by atoms with van der Waals surface area (Å²) in [5, 5.41) is 14.5. The maximum atomic E-state index is 13.2. The average molecular weight is 498 g/mol. The molecule has 0 aliphatic carbocycles. The van der Waals surface area contributed by atoms with Crippen molar-refractivity contribution in [1.82, 2.24) is 10.6 Å². The Morgan fingerprint density at radius 1 is 1.03 bits per heavy atom. The number of nitrogens with zero attached hydrogens (tertiary/aromatic N) is 2. The molecule has 2 aliphatic rings. The zero-order chi connectivity index (χ0) is 22.5. The van der Waals surface area contributed by atoms with Gasteiger partial charge in [0.25, 0.3) is 5.91 Å². The van der Waals surface area contributed by atoms with Crippen LogP contribution in [0.3, 0.4) is 0 Å². The number of likely N-dealkylation sites (N-methyl/N-ethyl adjacent to an activating group) is 1. The topological polar surface area (TPSA) is 78.0 Å². The standard InChI is InChI=1S/C24H28BrN5O2/c1-3-11-26-12-13-27-14-15-32-29-21-16-7-4-5-10-19(16)28-22(21)20-17-8-6-9-18(25)23(17)30(2)24(20)31/h4-10,26-28H,3,11-15H2,1-2H3/b22-20-,29-21+. The fraction of sp³-hybridized carbons (Fsp3) is 0.333. The van der Waals surface area contributed by atoms with Crippen molar-refractivity contribution >= 4 is 44.5 Å². The zero-order valence-electron chi connectivity index (χ0n) is 18.4. The predicted molar refractivity (Wildman–Crippen MR) is 133 cm³/mol. The summed E-state index contributed by atoms with van der Waals surface area (Å²) in [5.41, 5.74) is 5.49. The first-order valence-electron chi connectivity index (χ1n) is 10.9. The Hall–Kier alpha value is -2.68. The molecule has 0 aromatic heterocycles. The number of halogens is 1. The number of benzene rings is 2.